The molecule has 0 bridgehead atoms. The zero-order chi connectivity index (χ0) is 23.5. The fraction of sp³-hybridized carbons (Fsp3) is 0.185. The highest BCUT2D eigenvalue weighted by Crippen LogP contribution is 2.29. The molecule has 0 atom stereocenters. The van der Waals surface area contributed by atoms with E-state index in [0.717, 1.165) is 59.5 Å². The van der Waals surface area contributed by atoms with Gasteiger partial charge in [-0.1, -0.05) is 24.3 Å². The number of benzene rings is 3. The predicted molar refractivity (Wildman–Crippen MR) is 132 cm³/mol. The van der Waals surface area contributed by atoms with E-state index in [1.807, 2.05) is 59.5 Å². The highest BCUT2D eigenvalue weighted by molar-refractivity contribution is 5.95. The van der Waals surface area contributed by atoms with Crippen LogP contribution in [0, 0.1) is 5.82 Å². The summed E-state index contributed by atoms with van der Waals surface area (Å²) in [6.07, 6.45) is 3.91. The van der Waals surface area contributed by atoms with E-state index >= 15 is 0 Å². The Morgan fingerprint density at radius 1 is 1.00 bits per heavy atom. The molecule has 2 heterocycles. The molecule has 0 radical (unpaired) electrons. The Balaban J connectivity index is 1.33. The molecule has 0 saturated carbocycles. The maximum atomic E-state index is 13.9. The van der Waals surface area contributed by atoms with Crippen LogP contribution < -0.4 is 10.1 Å². The van der Waals surface area contributed by atoms with Crippen LogP contribution >= 0.6 is 0 Å². The van der Waals surface area contributed by atoms with Gasteiger partial charge in [0.05, 0.1) is 18.3 Å². The smallest absolute Gasteiger partial charge is 0.253 e. The molecule has 0 spiro atoms. The monoisotopic (exact) mass is 456 g/mol. The highest BCUT2D eigenvalue weighted by atomic mass is 19.1. The second kappa shape index (κ2) is 9.49. The number of halogens is 1. The van der Waals surface area contributed by atoms with Gasteiger partial charge in [0.25, 0.3) is 5.91 Å². The van der Waals surface area contributed by atoms with Gasteiger partial charge < -0.3 is 15.0 Å². The molecule has 3 aromatic carbocycles. The Kier molecular flexibility index (Phi) is 6.10. The standard InChI is InChI=1S/C27H25FN4O2/c1-34-23-15-21(14-22(28)17-23)20-7-8-24-25(30-31-26(24)16-20)9-4-18-2-5-19(6-3-18)27(33)32-12-10-29-11-13-32/h2-9,14-17,29H,10-13H2,1H3,(H,30,31)/b9-4+. The average Bonchev–Trinajstić information content (AvgIpc) is 3.29. The third-order valence-corrected chi connectivity index (χ3v) is 6.03. The van der Waals surface area contributed by atoms with Gasteiger partial charge in [0.15, 0.2) is 0 Å². The van der Waals surface area contributed by atoms with E-state index in [0.29, 0.717) is 11.3 Å². The Morgan fingerprint density at radius 2 is 1.79 bits per heavy atom. The minimum absolute atomic E-state index is 0.0713. The van der Waals surface area contributed by atoms with E-state index in [1.165, 1.54) is 19.2 Å². The maximum absolute atomic E-state index is 13.9. The number of methoxy groups -OCH3 is 1. The number of carbonyl (C=O) groups is 1. The van der Waals surface area contributed by atoms with Crippen LogP contribution in [0.2, 0.25) is 0 Å². The number of amides is 1. The van der Waals surface area contributed by atoms with Crippen molar-refractivity contribution in [2.45, 2.75) is 0 Å². The van der Waals surface area contributed by atoms with Crippen molar-refractivity contribution in [2.75, 3.05) is 33.3 Å². The number of carbonyl (C=O) groups excluding carboxylic acids is 1. The summed E-state index contributed by atoms with van der Waals surface area (Å²) in [6.45, 7) is 3.15. The van der Waals surface area contributed by atoms with Crippen molar-refractivity contribution < 1.29 is 13.9 Å². The number of aromatic amines is 1. The molecule has 0 unspecified atom stereocenters. The minimum Gasteiger partial charge on any atom is -0.497 e. The molecule has 2 N–H and O–H groups in total. The largest absolute Gasteiger partial charge is 0.497 e. The van der Waals surface area contributed by atoms with Gasteiger partial charge in [-0.05, 0) is 59.2 Å². The molecule has 0 aliphatic carbocycles. The zero-order valence-corrected chi connectivity index (χ0v) is 18.8. The van der Waals surface area contributed by atoms with Gasteiger partial charge in [-0.25, -0.2) is 4.39 Å². The van der Waals surface area contributed by atoms with Crippen molar-refractivity contribution in [3.05, 3.63) is 83.3 Å². The first kappa shape index (κ1) is 21.9. The first-order valence-corrected chi connectivity index (χ1v) is 11.2. The van der Waals surface area contributed by atoms with Crippen molar-refractivity contribution in [3.63, 3.8) is 0 Å². The molecule has 7 heteroatoms. The van der Waals surface area contributed by atoms with E-state index in [2.05, 4.69) is 15.5 Å². The Hall–Kier alpha value is -3.97. The van der Waals surface area contributed by atoms with E-state index in [-0.39, 0.29) is 11.7 Å². The van der Waals surface area contributed by atoms with Crippen LogP contribution in [0.3, 0.4) is 0 Å². The Morgan fingerprint density at radius 3 is 2.56 bits per heavy atom. The van der Waals surface area contributed by atoms with Crippen LogP contribution in [-0.4, -0.2) is 54.3 Å². The summed E-state index contributed by atoms with van der Waals surface area (Å²) in [5, 5.41) is 11.7. The number of aromatic nitrogens is 2. The summed E-state index contributed by atoms with van der Waals surface area (Å²) in [6, 6.07) is 18.1. The van der Waals surface area contributed by atoms with Gasteiger partial charge in [0, 0.05) is 43.2 Å². The van der Waals surface area contributed by atoms with E-state index in [4.69, 9.17) is 4.74 Å². The maximum Gasteiger partial charge on any atom is 0.253 e. The molecular formula is C27H25FN4O2. The number of nitrogens with one attached hydrogen (secondary N) is 2. The lowest BCUT2D eigenvalue weighted by molar-refractivity contribution is 0.0736. The number of fused-ring (bicyclic) bond motifs is 1. The topological polar surface area (TPSA) is 70.2 Å². The second-order valence-corrected chi connectivity index (χ2v) is 8.25. The first-order chi connectivity index (χ1) is 16.6. The second-order valence-electron chi connectivity index (χ2n) is 8.25. The predicted octanol–water partition coefficient (Wildman–Crippen LogP) is 4.59. The lowest BCUT2D eigenvalue weighted by Crippen LogP contribution is -2.46. The molecule has 34 heavy (non-hydrogen) atoms. The number of ether oxygens (including phenoxy) is 1. The quantitative estimate of drug-likeness (QED) is 0.461. The fourth-order valence-electron chi connectivity index (χ4n) is 4.16. The van der Waals surface area contributed by atoms with E-state index < -0.39 is 0 Å². The summed E-state index contributed by atoms with van der Waals surface area (Å²) in [5.41, 5.74) is 4.95. The molecule has 172 valence electrons. The molecule has 1 aliphatic rings. The Bertz CT molecular complexity index is 1360. The molecule has 1 fully saturated rings. The summed E-state index contributed by atoms with van der Waals surface area (Å²) < 4.78 is 19.1. The zero-order valence-electron chi connectivity index (χ0n) is 18.8. The number of nitrogens with zero attached hydrogens (tertiary/aromatic N) is 2. The summed E-state index contributed by atoms with van der Waals surface area (Å²) in [7, 11) is 1.52. The minimum atomic E-state index is -0.344. The molecule has 6 nitrogen and oxygen atoms in total. The third-order valence-electron chi connectivity index (χ3n) is 6.03. The lowest BCUT2D eigenvalue weighted by Gasteiger charge is -2.27. The Labute approximate surface area is 197 Å². The molecule has 5 rings (SSSR count). The molecule has 4 aromatic rings. The molecule has 1 amide bonds. The number of hydrogen-bond donors (Lipinski definition) is 2. The number of hydrogen-bond acceptors (Lipinski definition) is 4. The summed E-state index contributed by atoms with van der Waals surface area (Å²) in [4.78, 5) is 14.5. The number of piperazine rings is 1. The van der Waals surface area contributed by atoms with Crippen molar-refractivity contribution in [1.82, 2.24) is 20.4 Å². The first-order valence-electron chi connectivity index (χ1n) is 11.2. The van der Waals surface area contributed by atoms with Crippen molar-refractivity contribution in [1.29, 1.82) is 0 Å². The van der Waals surface area contributed by atoms with Gasteiger partial charge in [0.2, 0.25) is 0 Å². The molecular weight excluding hydrogens is 431 g/mol. The fourth-order valence-corrected chi connectivity index (χ4v) is 4.16. The highest BCUT2D eigenvalue weighted by Gasteiger charge is 2.17. The van der Waals surface area contributed by atoms with E-state index in [9.17, 15) is 9.18 Å². The molecule has 1 aromatic heterocycles. The molecule has 1 saturated heterocycles. The summed E-state index contributed by atoms with van der Waals surface area (Å²) in [5.74, 6) is 0.203. The van der Waals surface area contributed by atoms with Crippen molar-refractivity contribution in [2.24, 2.45) is 0 Å². The average molecular weight is 457 g/mol. The van der Waals surface area contributed by atoms with Gasteiger partial charge in [-0.2, -0.15) is 5.10 Å². The SMILES string of the molecule is COc1cc(F)cc(-c2ccc3c(/C=C/c4ccc(C(=O)N5CCNCC5)cc4)n[nH]c3c2)c1. The summed E-state index contributed by atoms with van der Waals surface area (Å²) >= 11 is 0. The van der Waals surface area contributed by atoms with Gasteiger partial charge in [0.1, 0.15) is 11.6 Å². The van der Waals surface area contributed by atoms with Crippen molar-refractivity contribution in [3.8, 4) is 16.9 Å². The van der Waals surface area contributed by atoms with Gasteiger partial charge in [-0.15, -0.1) is 0 Å². The number of H-pyrrole nitrogens is 1. The van der Waals surface area contributed by atoms with Crippen LogP contribution in [0.1, 0.15) is 21.6 Å². The van der Waals surface area contributed by atoms with Crippen LogP contribution in [-0.2, 0) is 0 Å². The number of rotatable bonds is 5. The van der Waals surface area contributed by atoms with Crippen LogP contribution in [0.4, 0.5) is 4.39 Å². The van der Waals surface area contributed by atoms with Crippen LogP contribution in [0.15, 0.2) is 60.7 Å². The normalized spacial score (nSPS) is 14.1. The van der Waals surface area contributed by atoms with Gasteiger partial charge >= 0.3 is 0 Å². The third kappa shape index (κ3) is 4.56. The lowest BCUT2D eigenvalue weighted by atomic mass is 10.0. The molecule has 1 aliphatic heterocycles. The van der Waals surface area contributed by atoms with Gasteiger partial charge in [-0.3, -0.25) is 9.89 Å². The van der Waals surface area contributed by atoms with E-state index in [1.54, 1.807) is 6.07 Å². The van der Waals surface area contributed by atoms with Crippen LogP contribution in [0.5, 0.6) is 5.75 Å². The van der Waals surface area contributed by atoms with Crippen molar-refractivity contribution >= 4 is 29.0 Å². The van der Waals surface area contributed by atoms with Crippen LogP contribution in [0.25, 0.3) is 34.2 Å².